The number of carbonyl (C=O) groups excluding carboxylic acids is 2. The number of hydrogen-bond acceptors (Lipinski definition) is 7. The van der Waals surface area contributed by atoms with Crippen LogP contribution in [0, 0.1) is 0 Å². The summed E-state index contributed by atoms with van der Waals surface area (Å²) in [4.78, 5) is 37.8. The summed E-state index contributed by atoms with van der Waals surface area (Å²) >= 11 is 0. The second-order valence-electron chi connectivity index (χ2n) is 11.6. The van der Waals surface area contributed by atoms with Crippen molar-refractivity contribution in [2.45, 2.75) is 116 Å². The number of nitrogens with one attached hydrogen (secondary N) is 2. The van der Waals surface area contributed by atoms with Crippen molar-refractivity contribution in [2.75, 3.05) is 12.4 Å². The molecule has 10 heteroatoms. The van der Waals surface area contributed by atoms with Crippen molar-refractivity contribution in [3.05, 3.63) is 28.2 Å². The molecule has 2 N–H and O–H groups in total. The molecule has 0 radical (unpaired) electrons. The van der Waals surface area contributed by atoms with Crippen molar-refractivity contribution < 1.29 is 28.5 Å². The molecule has 36 heavy (non-hydrogen) atoms. The van der Waals surface area contributed by atoms with Gasteiger partial charge in [-0.1, -0.05) is 0 Å². The summed E-state index contributed by atoms with van der Waals surface area (Å²) in [6.07, 6.45) is 4.57. The molecule has 0 spiro atoms. The standard InChI is InChI=1S/C26H41N3O7/c1-25(2,3)35-23(31)27-19-10-11-21(19)34-15-16-12-20(28-24(32)36-26(4,5)6)22(30)29(14-16)17-8-9-18(13-17)33-7/h12,14,17-19,21H,8-11,13,15H2,1-7H3,(H,27,31)(H,28,32)/t17?,18?,19-,21-/m1/s1. The Morgan fingerprint density at radius 3 is 2.22 bits per heavy atom. The molecule has 1 aromatic rings. The third kappa shape index (κ3) is 7.96. The maximum absolute atomic E-state index is 13.2. The fraction of sp³-hybridized carbons (Fsp3) is 0.731. The first-order valence-corrected chi connectivity index (χ1v) is 12.6. The van der Waals surface area contributed by atoms with Crippen molar-refractivity contribution in [3.63, 3.8) is 0 Å². The van der Waals surface area contributed by atoms with E-state index in [-0.39, 0.29) is 42.1 Å². The quantitative estimate of drug-likeness (QED) is 0.558. The molecule has 2 aliphatic rings. The molecule has 0 aliphatic heterocycles. The number of hydrogen-bond donors (Lipinski definition) is 2. The highest BCUT2D eigenvalue weighted by molar-refractivity contribution is 5.84. The van der Waals surface area contributed by atoms with Gasteiger partial charge >= 0.3 is 12.2 Å². The molecule has 3 rings (SSSR count). The summed E-state index contributed by atoms with van der Waals surface area (Å²) in [6, 6.07) is 1.45. The first kappa shape index (κ1) is 28.0. The molecule has 0 aromatic carbocycles. The van der Waals surface area contributed by atoms with E-state index in [2.05, 4.69) is 10.6 Å². The molecule has 2 fully saturated rings. The Hall–Kier alpha value is -2.59. The molecule has 0 bridgehead atoms. The molecule has 1 aromatic heterocycles. The lowest BCUT2D eigenvalue weighted by Crippen LogP contribution is -2.52. The van der Waals surface area contributed by atoms with E-state index < -0.39 is 23.4 Å². The smallest absolute Gasteiger partial charge is 0.412 e. The predicted octanol–water partition coefficient (Wildman–Crippen LogP) is 4.51. The monoisotopic (exact) mass is 507 g/mol. The Labute approximate surface area is 213 Å². The van der Waals surface area contributed by atoms with Crippen molar-refractivity contribution in [2.24, 2.45) is 0 Å². The maximum Gasteiger partial charge on any atom is 0.412 e. The van der Waals surface area contributed by atoms with Crippen LogP contribution in [0.15, 0.2) is 17.1 Å². The van der Waals surface area contributed by atoms with Gasteiger partial charge in [-0.25, -0.2) is 9.59 Å². The minimum Gasteiger partial charge on any atom is -0.444 e. The molecule has 10 nitrogen and oxygen atoms in total. The number of ether oxygens (including phenoxy) is 4. The normalized spacial score (nSPS) is 24.1. The van der Waals surface area contributed by atoms with E-state index >= 15 is 0 Å². The molecule has 202 valence electrons. The predicted molar refractivity (Wildman–Crippen MR) is 135 cm³/mol. The summed E-state index contributed by atoms with van der Waals surface area (Å²) < 4.78 is 23.9. The fourth-order valence-electron chi connectivity index (χ4n) is 4.39. The van der Waals surface area contributed by atoms with E-state index in [1.165, 1.54) is 0 Å². The lowest BCUT2D eigenvalue weighted by atomic mass is 9.89. The van der Waals surface area contributed by atoms with Crippen LogP contribution < -0.4 is 16.2 Å². The number of alkyl carbamates (subject to hydrolysis) is 1. The van der Waals surface area contributed by atoms with E-state index in [1.807, 2.05) is 20.8 Å². The molecule has 2 saturated carbocycles. The highest BCUT2D eigenvalue weighted by Crippen LogP contribution is 2.31. The van der Waals surface area contributed by atoms with Gasteiger partial charge in [0.15, 0.2) is 0 Å². The molecule has 2 amide bonds. The van der Waals surface area contributed by atoms with Gasteiger partial charge in [-0.3, -0.25) is 10.1 Å². The second-order valence-corrected chi connectivity index (χ2v) is 11.6. The van der Waals surface area contributed by atoms with E-state index in [1.54, 1.807) is 44.7 Å². The topological polar surface area (TPSA) is 117 Å². The summed E-state index contributed by atoms with van der Waals surface area (Å²) in [5, 5.41) is 5.48. The van der Waals surface area contributed by atoms with E-state index in [9.17, 15) is 14.4 Å². The maximum atomic E-state index is 13.2. The fourth-order valence-corrected chi connectivity index (χ4v) is 4.39. The van der Waals surface area contributed by atoms with Gasteiger partial charge in [0.2, 0.25) is 0 Å². The zero-order chi connectivity index (χ0) is 26.7. The minimum atomic E-state index is -0.693. The number of pyridine rings is 1. The van der Waals surface area contributed by atoms with Crippen LogP contribution in [0.1, 0.15) is 85.3 Å². The molecule has 4 atom stereocenters. The Balaban J connectivity index is 1.73. The van der Waals surface area contributed by atoms with Crippen LogP contribution in [0.4, 0.5) is 15.3 Å². The average Bonchev–Trinajstić information content (AvgIpc) is 3.20. The van der Waals surface area contributed by atoms with Gasteiger partial charge in [0.1, 0.15) is 16.9 Å². The molecule has 2 unspecified atom stereocenters. The van der Waals surface area contributed by atoms with Gasteiger partial charge in [0, 0.05) is 19.3 Å². The average molecular weight is 508 g/mol. The number of aromatic nitrogens is 1. The van der Waals surface area contributed by atoms with Crippen LogP contribution in [0.5, 0.6) is 0 Å². The number of carbonyl (C=O) groups is 2. The van der Waals surface area contributed by atoms with Crippen LogP contribution >= 0.6 is 0 Å². The third-order valence-corrected chi connectivity index (χ3v) is 6.20. The van der Waals surface area contributed by atoms with Crippen LogP contribution in [0.2, 0.25) is 0 Å². The van der Waals surface area contributed by atoms with Crippen LogP contribution in [-0.4, -0.2) is 53.3 Å². The first-order valence-electron chi connectivity index (χ1n) is 12.6. The number of nitrogens with zero attached hydrogens (tertiary/aromatic N) is 1. The van der Waals surface area contributed by atoms with E-state index in [0.29, 0.717) is 0 Å². The number of amides is 2. The Morgan fingerprint density at radius 1 is 1.00 bits per heavy atom. The van der Waals surface area contributed by atoms with E-state index in [0.717, 1.165) is 37.7 Å². The SMILES string of the molecule is COC1CCC(n2cc(CO[C@@H]3CC[C@H]3NC(=O)OC(C)(C)C)cc(NC(=O)OC(C)(C)C)c2=O)C1. The van der Waals surface area contributed by atoms with Crippen molar-refractivity contribution in [1.29, 1.82) is 0 Å². The van der Waals surface area contributed by atoms with E-state index in [4.69, 9.17) is 18.9 Å². The van der Waals surface area contributed by atoms with Crippen LogP contribution in [-0.2, 0) is 25.6 Å². The van der Waals surface area contributed by atoms with Gasteiger partial charge in [-0.15, -0.1) is 0 Å². The van der Waals surface area contributed by atoms with Gasteiger partial charge in [0.25, 0.3) is 5.56 Å². The van der Waals surface area contributed by atoms with Gasteiger partial charge in [-0.05, 0) is 85.3 Å². The van der Waals surface area contributed by atoms with Gasteiger partial charge < -0.3 is 28.8 Å². The highest BCUT2D eigenvalue weighted by Gasteiger charge is 2.34. The first-order chi connectivity index (χ1) is 16.7. The number of methoxy groups -OCH3 is 1. The summed E-state index contributed by atoms with van der Waals surface area (Å²) in [5.74, 6) is 0. The highest BCUT2D eigenvalue weighted by atomic mass is 16.6. The minimum absolute atomic E-state index is 0.0353. The Bertz CT molecular complexity index is 993. The summed E-state index contributed by atoms with van der Waals surface area (Å²) in [5.41, 5.74) is -0.675. The lowest BCUT2D eigenvalue weighted by molar-refractivity contribution is -0.0393. The van der Waals surface area contributed by atoms with Crippen molar-refractivity contribution in [3.8, 4) is 0 Å². The van der Waals surface area contributed by atoms with Gasteiger partial charge in [0.05, 0.1) is 24.9 Å². The summed E-state index contributed by atoms with van der Waals surface area (Å²) in [7, 11) is 1.68. The number of anilines is 1. The molecule has 0 saturated heterocycles. The lowest BCUT2D eigenvalue weighted by Gasteiger charge is -2.37. The molecular weight excluding hydrogens is 466 g/mol. The van der Waals surface area contributed by atoms with Crippen LogP contribution in [0.3, 0.4) is 0 Å². The zero-order valence-electron chi connectivity index (χ0n) is 22.5. The van der Waals surface area contributed by atoms with Crippen molar-refractivity contribution in [1.82, 2.24) is 9.88 Å². The summed E-state index contributed by atoms with van der Waals surface area (Å²) in [6.45, 7) is 11.0. The van der Waals surface area contributed by atoms with Crippen molar-refractivity contribution >= 4 is 17.9 Å². The Morgan fingerprint density at radius 2 is 1.67 bits per heavy atom. The van der Waals surface area contributed by atoms with Crippen LogP contribution in [0.25, 0.3) is 0 Å². The molecule has 1 heterocycles. The Kier molecular flexibility index (Phi) is 8.71. The molecular formula is C26H41N3O7. The zero-order valence-corrected chi connectivity index (χ0v) is 22.5. The largest absolute Gasteiger partial charge is 0.444 e. The number of rotatable bonds is 7. The second kappa shape index (κ2) is 11.2. The van der Waals surface area contributed by atoms with Gasteiger partial charge in [-0.2, -0.15) is 0 Å². The third-order valence-electron chi connectivity index (χ3n) is 6.20. The molecule has 2 aliphatic carbocycles.